The van der Waals surface area contributed by atoms with Crippen LogP contribution >= 0.6 is 11.3 Å². The second kappa shape index (κ2) is 8.65. The fraction of sp³-hybridized carbons (Fsp3) is 0.706. The Morgan fingerprint density at radius 3 is 2.64 bits per heavy atom. The second-order valence-electron chi connectivity index (χ2n) is 6.68. The van der Waals surface area contributed by atoms with E-state index in [0.29, 0.717) is 18.4 Å². The standard InChI is InChI=1S/C17H29N3OS/c1-14(2)11-15(20-8-6-19(3)7-9-20)13-18-17(21)12-16-5-4-10-22-16/h4-5,10,14-15H,6-9,11-13H2,1-3H3,(H,18,21). The fourth-order valence-corrected chi connectivity index (χ4v) is 3.66. The number of thiophene rings is 1. The van der Waals surface area contributed by atoms with Crippen molar-refractivity contribution in [2.24, 2.45) is 5.92 Å². The predicted octanol–water partition coefficient (Wildman–Crippen LogP) is 2.07. The molecule has 5 heteroatoms. The van der Waals surface area contributed by atoms with Crippen LogP contribution in [0.25, 0.3) is 0 Å². The number of hydrogen-bond donors (Lipinski definition) is 1. The zero-order valence-electron chi connectivity index (χ0n) is 14.0. The molecule has 0 saturated carbocycles. The molecule has 1 fully saturated rings. The van der Waals surface area contributed by atoms with Gasteiger partial charge in [-0.3, -0.25) is 9.69 Å². The molecular formula is C17H29N3OS. The molecule has 0 aromatic carbocycles. The Bertz CT molecular complexity index is 439. The summed E-state index contributed by atoms with van der Waals surface area (Å²) in [6, 6.07) is 4.48. The van der Waals surface area contributed by atoms with Gasteiger partial charge in [0.2, 0.25) is 5.91 Å². The molecule has 2 heterocycles. The van der Waals surface area contributed by atoms with E-state index in [-0.39, 0.29) is 5.91 Å². The molecule has 1 aliphatic heterocycles. The van der Waals surface area contributed by atoms with Gasteiger partial charge in [-0.15, -0.1) is 11.3 Å². The molecule has 1 unspecified atom stereocenters. The SMILES string of the molecule is CC(C)CC(CNC(=O)Cc1cccs1)N1CCN(C)CC1. The third-order valence-corrected chi connectivity index (χ3v) is 5.12. The molecule has 1 N–H and O–H groups in total. The lowest BCUT2D eigenvalue weighted by Crippen LogP contribution is -2.52. The number of nitrogens with zero attached hydrogens (tertiary/aromatic N) is 2. The summed E-state index contributed by atoms with van der Waals surface area (Å²) in [5.41, 5.74) is 0. The number of amides is 1. The van der Waals surface area contributed by atoms with Crippen LogP contribution in [0, 0.1) is 5.92 Å². The van der Waals surface area contributed by atoms with Gasteiger partial charge >= 0.3 is 0 Å². The van der Waals surface area contributed by atoms with Crippen LogP contribution in [0.2, 0.25) is 0 Å². The number of likely N-dealkylation sites (N-methyl/N-ethyl adjacent to an activating group) is 1. The first-order valence-electron chi connectivity index (χ1n) is 8.26. The van der Waals surface area contributed by atoms with E-state index in [4.69, 9.17) is 0 Å². The van der Waals surface area contributed by atoms with Gasteiger partial charge in [0.25, 0.3) is 0 Å². The first-order chi connectivity index (χ1) is 10.5. The Morgan fingerprint density at radius 1 is 1.32 bits per heavy atom. The number of carbonyl (C=O) groups is 1. The summed E-state index contributed by atoms with van der Waals surface area (Å²) in [6.07, 6.45) is 1.65. The number of nitrogens with one attached hydrogen (secondary N) is 1. The van der Waals surface area contributed by atoms with Crippen molar-refractivity contribution in [3.05, 3.63) is 22.4 Å². The molecule has 1 aromatic rings. The summed E-state index contributed by atoms with van der Waals surface area (Å²) in [7, 11) is 2.18. The van der Waals surface area contributed by atoms with Gasteiger partial charge in [0, 0.05) is 43.6 Å². The summed E-state index contributed by atoms with van der Waals surface area (Å²) in [5.74, 6) is 0.796. The molecule has 2 rings (SSSR count). The smallest absolute Gasteiger partial charge is 0.225 e. The van der Waals surface area contributed by atoms with Crippen LogP contribution in [0.5, 0.6) is 0 Å². The first kappa shape index (κ1) is 17.4. The van der Waals surface area contributed by atoms with E-state index in [2.05, 4.69) is 36.0 Å². The molecule has 1 saturated heterocycles. The summed E-state index contributed by atoms with van der Waals surface area (Å²) in [5, 5.41) is 5.17. The van der Waals surface area contributed by atoms with E-state index < -0.39 is 0 Å². The highest BCUT2D eigenvalue weighted by atomic mass is 32.1. The Labute approximate surface area is 138 Å². The number of rotatable bonds is 7. The molecule has 22 heavy (non-hydrogen) atoms. The molecule has 4 nitrogen and oxygen atoms in total. The lowest BCUT2D eigenvalue weighted by atomic mass is 10.0. The average molecular weight is 324 g/mol. The van der Waals surface area contributed by atoms with Crippen molar-refractivity contribution < 1.29 is 4.79 Å². The van der Waals surface area contributed by atoms with Crippen molar-refractivity contribution in [1.29, 1.82) is 0 Å². The summed E-state index contributed by atoms with van der Waals surface area (Å²) in [6.45, 7) is 9.75. The molecule has 124 valence electrons. The van der Waals surface area contributed by atoms with Crippen molar-refractivity contribution in [2.75, 3.05) is 39.8 Å². The maximum atomic E-state index is 12.1. The van der Waals surface area contributed by atoms with E-state index in [1.165, 1.54) is 0 Å². The van der Waals surface area contributed by atoms with E-state index in [0.717, 1.165) is 44.0 Å². The minimum Gasteiger partial charge on any atom is -0.354 e. The zero-order chi connectivity index (χ0) is 15.9. The Morgan fingerprint density at radius 2 is 2.05 bits per heavy atom. The normalized spacial score (nSPS) is 18.5. The molecule has 0 spiro atoms. The lowest BCUT2D eigenvalue weighted by molar-refractivity contribution is -0.120. The van der Waals surface area contributed by atoms with Crippen molar-refractivity contribution in [1.82, 2.24) is 15.1 Å². The molecule has 0 radical (unpaired) electrons. The van der Waals surface area contributed by atoms with Crippen molar-refractivity contribution >= 4 is 17.2 Å². The highest BCUT2D eigenvalue weighted by Crippen LogP contribution is 2.14. The number of piperazine rings is 1. The van der Waals surface area contributed by atoms with Crippen LogP contribution < -0.4 is 5.32 Å². The van der Waals surface area contributed by atoms with Crippen LogP contribution in [0.4, 0.5) is 0 Å². The number of hydrogen-bond acceptors (Lipinski definition) is 4. The van der Waals surface area contributed by atoms with Crippen molar-refractivity contribution in [2.45, 2.75) is 32.7 Å². The van der Waals surface area contributed by atoms with Gasteiger partial charge in [0.05, 0.1) is 6.42 Å². The lowest BCUT2D eigenvalue weighted by Gasteiger charge is -2.38. The molecular weight excluding hydrogens is 294 g/mol. The second-order valence-corrected chi connectivity index (χ2v) is 7.72. The van der Waals surface area contributed by atoms with Crippen LogP contribution in [0.3, 0.4) is 0 Å². The Kier molecular flexibility index (Phi) is 6.86. The third-order valence-electron chi connectivity index (χ3n) is 4.25. The number of carbonyl (C=O) groups excluding carboxylic acids is 1. The molecule has 1 aliphatic rings. The van der Waals surface area contributed by atoms with Crippen LogP contribution in [-0.2, 0) is 11.2 Å². The topological polar surface area (TPSA) is 35.6 Å². The minimum atomic E-state index is 0.144. The van der Waals surface area contributed by atoms with Crippen molar-refractivity contribution in [3.63, 3.8) is 0 Å². The maximum Gasteiger partial charge on any atom is 0.225 e. The summed E-state index contributed by atoms with van der Waals surface area (Å²) < 4.78 is 0. The quantitative estimate of drug-likeness (QED) is 0.834. The molecule has 1 amide bonds. The van der Waals surface area contributed by atoms with Crippen LogP contribution in [-0.4, -0.2) is 61.5 Å². The molecule has 1 atom stereocenters. The van der Waals surface area contributed by atoms with Crippen LogP contribution in [0.1, 0.15) is 25.1 Å². The van der Waals surface area contributed by atoms with Gasteiger partial charge in [-0.2, -0.15) is 0 Å². The van der Waals surface area contributed by atoms with Gasteiger partial charge in [-0.05, 0) is 30.8 Å². The average Bonchev–Trinajstić information content (AvgIpc) is 2.97. The van der Waals surface area contributed by atoms with E-state index in [9.17, 15) is 4.79 Å². The molecule has 0 bridgehead atoms. The van der Waals surface area contributed by atoms with Gasteiger partial charge in [0.15, 0.2) is 0 Å². The van der Waals surface area contributed by atoms with E-state index in [1.54, 1.807) is 11.3 Å². The molecule has 1 aromatic heterocycles. The fourth-order valence-electron chi connectivity index (χ4n) is 2.96. The summed E-state index contributed by atoms with van der Waals surface area (Å²) in [4.78, 5) is 18.2. The molecule has 0 aliphatic carbocycles. The first-order valence-corrected chi connectivity index (χ1v) is 9.14. The van der Waals surface area contributed by atoms with E-state index >= 15 is 0 Å². The van der Waals surface area contributed by atoms with Gasteiger partial charge in [0.1, 0.15) is 0 Å². The highest BCUT2D eigenvalue weighted by Gasteiger charge is 2.23. The van der Waals surface area contributed by atoms with Gasteiger partial charge in [-0.1, -0.05) is 19.9 Å². The van der Waals surface area contributed by atoms with Gasteiger partial charge in [-0.25, -0.2) is 0 Å². The van der Waals surface area contributed by atoms with Crippen LogP contribution in [0.15, 0.2) is 17.5 Å². The summed E-state index contributed by atoms with van der Waals surface area (Å²) >= 11 is 1.65. The third kappa shape index (κ3) is 5.71. The van der Waals surface area contributed by atoms with E-state index in [1.807, 2.05) is 17.5 Å². The minimum absolute atomic E-state index is 0.144. The Balaban J connectivity index is 1.82. The van der Waals surface area contributed by atoms with Gasteiger partial charge < -0.3 is 10.2 Å². The van der Waals surface area contributed by atoms with Crippen molar-refractivity contribution in [3.8, 4) is 0 Å². The monoisotopic (exact) mass is 323 g/mol. The zero-order valence-corrected chi connectivity index (χ0v) is 14.9. The largest absolute Gasteiger partial charge is 0.354 e. The predicted molar refractivity (Wildman–Crippen MR) is 93.3 cm³/mol. The highest BCUT2D eigenvalue weighted by molar-refractivity contribution is 7.10. The maximum absolute atomic E-state index is 12.1. The Hall–Kier alpha value is -0.910.